The highest BCUT2D eigenvalue weighted by atomic mass is 16.5. The summed E-state index contributed by atoms with van der Waals surface area (Å²) < 4.78 is 12.4. The predicted molar refractivity (Wildman–Crippen MR) is 116 cm³/mol. The lowest BCUT2D eigenvalue weighted by molar-refractivity contribution is -0.116. The third-order valence-corrected chi connectivity index (χ3v) is 5.37. The molecule has 2 aromatic carbocycles. The zero-order valence-corrected chi connectivity index (χ0v) is 17.4. The van der Waals surface area contributed by atoms with Crippen LogP contribution >= 0.6 is 0 Å². The first-order valence-electron chi connectivity index (χ1n) is 10.0. The fourth-order valence-corrected chi connectivity index (χ4v) is 3.63. The van der Waals surface area contributed by atoms with Crippen molar-refractivity contribution in [2.24, 2.45) is 0 Å². The molecule has 0 bridgehead atoms. The van der Waals surface area contributed by atoms with Gasteiger partial charge in [-0.25, -0.2) is 4.98 Å². The average molecular weight is 407 g/mol. The largest absolute Gasteiger partial charge is 0.493 e. The van der Waals surface area contributed by atoms with E-state index in [4.69, 9.17) is 14.5 Å². The lowest BCUT2D eigenvalue weighted by atomic mass is 10.1. The van der Waals surface area contributed by atoms with Crippen LogP contribution in [0, 0.1) is 6.92 Å². The molecule has 1 N–H and O–H groups in total. The molecule has 1 fully saturated rings. The molecule has 30 heavy (non-hydrogen) atoms. The number of rotatable bonds is 7. The SMILES string of the molecule is COc1cc(C)c(NC(=O)CCc2nc3ccccc3c(=O)n2C2CC2)cc1OC. The third kappa shape index (κ3) is 3.87. The van der Waals surface area contributed by atoms with Crippen molar-refractivity contribution >= 4 is 22.5 Å². The molecule has 0 atom stereocenters. The van der Waals surface area contributed by atoms with Crippen molar-refractivity contribution in [1.29, 1.82) is 0 Å². The van der Waals surface area contributed by atoms with E-state index in [0.29, 0.717) is 40.3 Å². The summed E-state index contributed by atoms with van der Waals surface area (Å²) in [4.78, 5) is 30.3. The second-order valence-corrected chi connectivity index (χ2v) is 7.52. The van der Waals surface area contributed by atoms with Crippen LogP contribution in [0.4, 0.5) is 5.69 Å². The van der Waals surface area contributed by atoms with Gasteiger partial charge in [0.1, 0.15) is 5.82 Å². The van der Waals surface area contributed by atoms with Crippen LogP contribution in [0.1, 0.15) is 36.7 Å². The summed E-state index contributed by atoms with van der Waals surface area (Å²) in [7, 11) is 3.13. The van der Waals surface area contributed by atoms with E-state index >= 15 is 0 Å². The molecule has 1 aliphatic rings. The van der Waals surface area contributed by atoms with E-state index in [1.807, 2.05) is 31.2 Å². The van der Waals surface area contributed by atoms with Crippen molar-refractivity contribution in [3.05, 3.63) is 58.1 Å². The highest BCUT2D eigenvalue weighted by molar-refractivity contribution is 5.92. The van der Waals surface area contributed by atoms with Crippen LogP contribution in [0.2, 0.25) is 0 Å². The van der Waals surface area contributed by atoms with Crippen molar-refractivity contribution < 1.29 is 14.3 Å². The van der Waals surface area contributed by atoms with Gasteiger partial charge in [0.25, 0.3) is 5.56 Å². The fraction of sp³-hybridized carbons (Fsp3) is 0.348. The molecule has 0 unspecified atom stereocenters. The van der Waals surface area contributed by atoms with Gasteiger partial charge in [0.15, 0.2) is 11.5 Å². The minimum Gasteiger partial charge on any atom is -0.493 e. The van der Waals surface area contributed by atoms with Crippen LogP contribution in [-0.4, -0.2) is 29.7 Å². The number of methoxy groups -OCH3 is 2. The number of aromatic nitrogens is 2. The Morgan fingerprint density at radius 2 is 1.87 bits per heavy atom. The van der Waals surface area contributed by atoms with E-state index in [2.05, 4.69) is 5.32 Å². The minimum absolute atomic E-state index is 0.0192. The Hall–Kier alpha value is -3.35. The second-order valence-electron chi connectivity index (χ2n) is 7.52. The maximum Gasteiger partial charge on any atom is 0.261 e. The van der Waals surface area contributed by atoms with E-state index in [1.54, 1.807) is 30.9 Å². The molecule has 1 aromatic heterocycles. The molecule has 1 aliphatic carbocycles. The lowest BCUT2D eigenvalue weighted by Gasteiger charge is -2.15. The molecule has 3 aromatic rings. The summed E-state index contributed by atoms with van der Waals surface area (Å²) in [6.07, 6.45) is 2.58. The van der Waals surface area contributed by atoms with E-state index in [0.717, 1.165) is 18.4 Å². The molecule has 1 saturated carbocycles. The van der Waals surface area contributed by atoms with Crippen molar-refractivity contribution in [3.8, 4) is 11.5 Å². The van der Waals surface area contributed by atoms with Crippen LogP contribution in [0.5, 0.6) is 11.5 Å². The summed E-state index contributed by atoms with van der Waals surface area (Å²) in [5.74, 6) is 1.69. The van der Waals surface area contributed by atoms with Crippen molar-refractivity contribution in [3.63, 3.8) is 0 Å². The molecule has 0 aliphatic heterocycles. The van der Waals surface area contributed by atoms with Gasteiger partial charge >= 0.3 is 0 Å². The Morgan fingerprint density at radius 1 is 1.17 bits per heavy atom. The summed E-state index contributed by atoms with van der Waals surface area (Å²) in [6.45, 7) is 1.90. The highest BCUT2D eigenvalue weighted by Crippen LogP contribution is 2.35. The van der Waals surface area contributed by atoms with Crippen LogP contribution < -0.4 is 20.3 Å². The van der Waals surface area contributed by atoms with Gasteiger partial charge in [-0.05, 0) is 43.5 Å². The fourth-order valence-electron chi connectivity index (χ4n) is 3.63. The number of carbonyl (C=O) groups excluding carboxylic acids is 1. The van der Waals surface area contributed by atoms with Crippen molar-refractivity contribution in [2.45, 2.75) is 38.6 Å². The van der Waals surface area contributed by atoms with E-state index in [1.165, 1.54) is 0 Å². The summed E-state index contributed by atoms with van der Waals surface area (Å²) in [5, 5.41) is 3.56. The standard InChI is InChI=1S/C23H25N3O4/c1-14-12-19(29-2)20(30-3)13-18(14)25-22(27)11-10-21-24-17-7-5-4-6-16(17)23(28)26(21)15-8-9-15/h4-7,12-13,15H,8-11H2,1-3H3,(H,25,27). The van der Waals surface area contributed by atoms with Gasteiger partial charge in [-0.2, -0.15) is 0 Å². The van der Waals surface area contributed by atoms with Gasteiger partial charge in [0.2, 0.25) is 5.91 Å². The maximum atomic E-state index is 12.9. The summed E-state index contributed by atoms with van der Waals surface area (Å²) in [6, 6.07) is 11.1. The summed E-state index contributed by atoms with van der Waals surface area (Å²) >= 11 is 0. The topological polar surface area (TPSA) is 82.5 Å². The molecule has 4 rings (SSSR count). The number of amides is 1. The number of aryl methyl sites for hydroxylation is 2. The summed E-state index contributed by atoms with van der Waals surface area (Å²) in [5.41, 5.74) is 2.20. The number of benzene rings is 2. The normalized spacial score (nSPS) is 13.3. The molecule has 1 heterocycles. The zero-order chi connectivity index (χ0) is 21.3. The number of fused-ring (bicyclic) bond motifs is 1. The monoisotopic (exact) mass is 407 g/mol. The quantitative estimate of drug-likeness (QED) is 0.647. The Kier molecular flexibility index (Phi) is 5.44. The van der Waals surface area contributed by atoms with Gasteiger partial charge in [0.05, 0.1) is 25.1 Å². The van der Waals surface area contributed by atoms with E-state index in [9.17, 15) is 9.59 Å². The van der Waals surface area contributed by atoms with Crippen LogP contribution in [-0.2, 0) is 11.2 Å². The van der Waals surface area contributed by atoms with Gasteiger partial charge in [-0.15, -0.1) is 0 Å². The first-order chi connectivity index (χ1) is 14.5. The number of hydrogen-bond acceptors (Lipinski definition) is 5. The molecule has 156 valence electrons. The van der Waals surface area contributed by atoms with Crippen molar-refractivity contribution in [1.82, 2.24) is 9.55 Å². The number of para-hydroxylation sites is 1. The number of nitrogens with one attached hydrogen (secondary N) is 1. The lowest BCUT2D eigenvalue weighted by Crippen LogP contribution is -2.25. The molecule has 0 saturated heterocycles. The molecule has 7 heteroatoms. The first kappa shape index (κ1) is 19.9. The minimum atomic E-state index is -0.143. The van der Waals surface area contributed by atoms with Gasteiger partial charge in [-0.3, -0.25) is 14.2 Å². The van der Waals surface area contributed by atoms with Crippen LogP contribution in [0.3, 0.4) is 0 Å². The number of anilines is 1. The average Bonchev–Trinajstić information content (AvgIpc) is 3.58. The molecular weight excluding hydrogens is 382 g/mol. The smallest absolute Gasteiger partial charge is 0.261 e. The highest BCUT2D eigenvalue weighted by Gasteiger charge is 2.28. The van der Waals surface area contributed by atoms with E-state index in [-0.39, 0.29) is 23.9 Å². The molecular formula is C23H25N3O4. The zero-order valence-electron chi connectivity index (χ0n) is 17.4. The Labute approximate surface area is 174 Å². The van der Waals surface area contributed by atoms with Gasteiger partial charge in [-0.1, -0.05) is 12.1 Å². The second kappa shape index (κ2) is 8.18. The first-order valence-corrected chi connectivity index (χ1v) is 10.0. The maximum absolute atomic E-state index is 12.9. The Bertz CT molecular complexity index is 1170. The third-order valence-electron chi connectivity index (χ3n) is 5.37. The number of ether oxygens (including phenoxy) is 2. The van der Waals surface area contributed by atoms with Crippen LogP contribution in [0.25, 0.3) is 10.9 Å². The Balaban J connectivity index is 1.54. The molecule has 1 amide bonds. The number of hydrogen-bond donors (Lipinski definition) is 1. The number of carbonyl (C=O) groups is 1. The van der Waals surface area contributed by atoms with Gasteiger partial charge in [0, 0.05) is 30.6 Å². The Morgan fingerprint density at radius 3 is 2.57 bits per heavy atom. The van der Waals surface area contributed by atoms with Gasteiger partial charge < -0.3 is 14.8 Å². The molecule has 0 radical (unpaired) electrons. The number of nitrogens with zero attached hydrogens (tertiary/aromatic N) is 2. The van der Waals surface area contributed by atoms with E-state index < -0.39 is 0 Å². The van der Waals surface area contributed by atoms with Crippen LogP contribution in [0.15, 0.2) is 41.2 Å². The molecule has 0 spiro atoms. The molecule has 7 nitrogen and oxygen atoms in total. The van der Waals surface area contributed by atoms with Crippen molar-refractivity contribution in [2.75, 3.05) is 19.5 Å². The predicted octanol–water partition coefficient (Wildman–Crippen LogP) is 3.63.